The lowest BCUT2D eigenvalue weighted by Gasteiger charge is -2.12. The van der Waals surface area contributed by atoms with Crippen LogP contribution in [0, 0.1) is 18.6 Å². The van der Waals surface area contributed by atoms with E-state index in [1.54, 1.807) is 25.1 Å². The van der Waals surface area contributed by atoms with Gasteiger partial charge in [0.15, 0.2) is 18.2 Å². The minimum Gasteiger partial charge on any atom is -0.481 e. The molecule has 0 aliphatic rings. The van der Waals surface area contributed by atoms with Gasteiger partial charge in [-0.15, -0.1) is 0 Å². The molecule has 110 valence electrons. The lowest BCUT2D eigenvalue weighted by Crippen LogP contribution is -2.21. The molecule has 0 unspecified atom stereocenters. The first kappa shape index (κ1) is 14.8. The van der Waals surface area contributed by atoms with E-state index in [0.29, 0.717) is 11.4 Å². The predicted octanol–water partition coefficient (Wildman–Crippen LogP) is 2.87. The van der Waals surface area contributed by atoms with Crippen LogP contribution in [0.5, 0.6) is 5.75 Å². The highest BCUT2D eigenvalue weighted by Crippen LogP contribution is 2.22. The average molecular weight is 292 g/mol. The second-order valence-corrected chi connectivity index (χ2v) is 4.45. The summed E-state index contributed by atoms with van der Waals surface area (Å²) in [6.45, 7) is 1.34. The van der Waals surface area contributed by atoms with Crippen LogP contribution in [0.2, 0.25) is 0 Å². The van der Waals surface area contributed by atoms with Crippen LogP contribution in [-0.2, 0) is 4.79 Å². The Bertz CT molecular complexity index is 654. The van der Waals surface area contributed by atoms with Gasteiger partial charge in [-0.05, 0) is 30.7 Å². The number of nitrogen functional groups attached to an aromatic ring is 1. The molecule has 4 nitrogen and oxygen atoms in total. The number of aryl methyl sites for hydroxylation is 1. The number of halogens is 2. The molecule has 0 spiro atoms. The van der Waals surface area contributed by atoms with Crippen molar-refractivity contribution < 1.29 is 18.3 Å². The molecule has 0 aliphatic heterocycles. The van der Waals surface area contributed by atoms with E-state index < -0.39 is 24.1 Å². The molecule has 2 aromatic carbocycles. The SMILES string of the molecule is Cc1cccc(N)c1NC(=O)COc1cc(F)ccc1F. The van der Waals surface area contributed by atoms with Gasteiger partial charge in [0.2, 0.25) is 0 Å². The summed E-state index contributed by atoms with van der Waals surface area (Å²) in [5, 5.41) is 2.58. The molecule has 2 rings (SSSR count). The molecule has 1 amide bonds. The highest BCUT2D eigenvalue weighted by atomic mass is 19.1. The van der Waals surface area contributed by atoms with Crippen LogP contribution in [0.25, 0.3) is 0 Å². The number of anilines is 2. The molecule has 0 aliphatic carbocycles. The van der Waals surface area contributed by atoms with Crippen LogP contribution < -0.4 is 15.8 Å². The van der Waals surface area contributed by atoms with E-state index >= 15 is 0 Å². The van der Waals surface area contributed by atoms with Gasteiger partial charge < -0.3 is 15.8 Å². The first-order chi connectivity index (χ1) is 9.97. The fraction of sp³-hybridized carbons (Fsp3) is 0.133. The lowest BCUT2D eigenvalue weighted by atomic mass is 10.1. The third-order valence-corrected chi connectivity index (χ3v) is 2.82. The van der Waals surface area contributed by atoms with Crippen molar-refractivity contribution >= 4 is 17.3 Å². The molecular formula is C15H14F2N2O2. The number of nitrogens with one attached hydrogen (secondary N) is 1. The summed E-state index contributed by atoms with van der Waals surface area (Å²) in [7, 11) is 0. The Morgan fingerprint density at radius 1 is 1.29 bits per heavy atom. The highest BCUT2D eigenvalue weighted by molar-refractivity contribution is 5.95. The number of nitrogens with two attached hydrogens (primary N) is 1. The number of benzene rings is 2. The normalized spacial score (nSPS) is 10.2. The molecule has 0 heterocycles. The van der Waals surface area contributed by atoms with Crippen LogP contribution >= 0.6 is 0 Å². The van der Waals surface area contributed by atoms with E-state index in [0.717, 1.165) is 23.8 Å². The second kappa shape index (κ2) is 6.21. The van der Waals surface area contributed by atoms with Crippen molar-refractivity contribution in [2.75, 3.05) is 17.7 Å². The van der Waals surface area contributed by atoms with Crippen molar-refractivity contribution in [1.82, 2.24) is 0 Å². The van der Waals surface area contributed by atoms with Gasteiger partial charge in [-0.1, -0.05) is 12.1 Å². The summed E-state index contributed by atoms with van der Waals surface area (Å²) in [6.07, 6.45) is 0. The Labute approximate surface area is 120 Å². The zero-order valence-corrected chi connectivity index (χ0v) is 11.3. The minimum atomic E-state index is -0.736. The third kappa shape index (κ3) is 3.68. The van der Waals surface area contributed by atoms with Gasteiger partial charge >= 0.3 is 0 Å². The fourth-order valence-corrected chi connectivity index (χ4v) is 1.77. The molecule has 0 saturated heterocycles. The molecule has 2 aromatic rings. The Morgan fingerprint density at radius 2 is 2.05 bits per heavy atom. The predicted molar refractivity (Wildman–Crippen MR) is 76.1 cm³/mol. The Balaban J connectivity index is 2.01. The van der Waals surface area contributed by atoms with Gasteiger partial charge in [0.05, 0.1) is 11.4 Å². The smallest absolute Gasteiger partial charge is 0.262 e. The van der Waals surface area contributed by atoms with Crippen LogP contribution in [-0.4, -0.2) is 12.5 Å². The van der Waals surface area contributed by atoms with Crippen LogP contribution in [0.4, 0.5) is 20.2 Å². The van der Waals surface area contributed by atoms with Crippen LogP contribution in [0.15, 0.2) is 36.4 Å². The number of hydrogen-bond acceptors (Lipinski definition) is 3. The van der Waals surface area contributed by atoms with Crippen molar-refractivity contribution in [2.24, 2.45) is 0 Å². The second-order valence-electron chi connectivity index (χ2n) is 4.45. The van der Waals surface area contributed by atoms with Crippen molar-refractivity contribution in [1.29, 1.82) is 0 Å². The van der Waals surface area contributed by atoms with Crippen molar-refractivity contribution in [2.45, 2.75) is 6.92 Å². The van der Waals surface area contributed by atoms with Crippen LogP contribution in [0.1, 0.15) is 5.56 Å². The Morgan fingerprint density at radius 3 is 2.76 bits per heavy atom. The number of carbonyl (C=O) groups excluding carboxylic acids is 1. The van der Waals surface area contributed by atoms with Crippen molar-refractivity contribution in [3.63, 3.8) is 0 Å². The van der Waals surface area contributed by atoms with Gasteiger partial charge in [0.25, 0.3) is 5.91 Å². The fourth-order valence-electron chi connectivity index (χ4n) is 1.77. The van der Waals surface area contributed by atoms with Crippen molar-refractivity contribution in [3.8, 4) is 5.75 Å². The molecule has 0 saturated carbocycles. The van der Waals surface area contributed by atoms with E-state index in [-0.39, 0.29) is 5.75 Å². The standard InChI is InChI=1S/C15H14F2N2O2/c1-9-3-2-4-12(18)15(9)19-14(20)8-21-13-7-10(16)5-6-11(13)17/h2-7H,8,18H2,1H3,(H,19,20). The molecule has 3 N–H and O–H groups in total. The van der Waals surface area contributed by atoms with Crippen molar-refractivity contribution in [3.05, 3.63) is 53.6 Å². The summed E-state index contributed by atoms with van der Waals surface area (Å²) < 4.78 is 31.3. The summed E-state index contributed by atoms with van der Waals surface area (Å²) in [4.78, 5) is 11.8. The summed E-state index contributed by atoms with van der Waals surface area (Å²) in [5.41, 5.74) is 7.44. The first-order valence-corrected chi connectivity index (χ1v) is 6.20. The van der Waals surface area contributed by atoms with Gasteiger partial charge in [0.1, 0.15) is 5.82 Å². The minimum absolute atomic E-state index is 0.317. The number of hydrogen-bond donors (Lipinski definition) is 2. The van der Waals surface area contributed by atoms with Crippen LogP contribution in [0.3, 0.4) is 0 Å². The zero-order chi connectivity index (χ0) is 15.4. The molecule has 0 bridgehead atoms. The Hall–Kier alpha value is -2.63. The maximum atomic E-state index is 13.3. The molecule has 0 fully saturated rings. The van der Waals surface area contributed by atoms with E-state index in [9.17, 15) is 13.6 Å². The lowest BCUT2D eigenvalue weighted by molar-refractivity contribution is -0.118. The zero-order valence-electron chi connectivity index (χ0n) is 11.3. The van der Waals surface area contributed by atoms with Gasteiger partial charge in [0, 0.05) is 6.07 Å². The number of ether oxygens (including phenoxy) is 1. The maximum Gasteiger partial charge on any atom is 0.262 e. The van der Waals surface area contributed by atoms with Gasteiger partial charge in [-0.3, -0.25) is 4.79 Å². The summed E-state index contributed by atoms with van der Waals surface area (Å²) >= 11 is 0. The quantitative estimate of drug-likeness (QED) is 0.852. The molecule has 0 radical (unpaired) electrons. The number of rotatable bonds is 4. The van der Waals surface area contributed by atoms with Gasteiger partial charge in [-0.25, -0.2) is 8.78 Å². The highest BCUT2D eigenvalue weighted by Gasteiger charge is 2.11. The average Bonchev–Trinajstić information content (AvgIpc) is 2.44. The number of amides is 1. The Kier molecular flexibility index (Phi) is 4.37. The first-order valence-electron chi connectivity index (χ1n) is 6.20. The van der Waals surface area contributed by atoms with E-state index in [1.807, 2.05) is 0 Å². The molecule has 6 heteroatoms. The van der Waals surface area contributed by atoms with E-state index in [4.69, 9.17) is 10.5 Å². The topological polar surface area (TPSA) is 64.3 Å². The summed E-state index contributed by atoms with van der Waals surface area (Å²) in [6, 6.07) is 7.98. The van der Waals surface area contributed by atoms with Gasteiger partial charge in [-0.2, -0.15) is 0 Å². The van der Waals surface area contributed by atoms with E-state index in [1.165, 1.54) is 0 Å². The molecule has 0 atom stereocenters. The number of carbonyl (C=O) groups is 1. The monoisotopic (exact) mass is 292 g/mol. The largest absolute Gasteiger partial charge is 0.481 e. The number of para-hydroxylation sites is 1. The maximum absolute atomic E-state index is 13.3. The molecular weight excluding hydrogens is 278 g/mol. The third-order valence-electron chi connectivity index (χ3n) is 2.82. The molecule has 21 heavy (non-hydrogen) atoms. The van der Waals surface area contributed by atoms with E-state index in [2.05, 4.69) is 5.32 Å². The summed E-state index contributed by atoms with van der Waals surface area (Å²) in [5.74, 6) is -2.21. The molecule has 0 aromatic heterocycles.